The van der Waals surface area contributed by atoms with Crippen molar-refractivity contribution in [1.29, 1.82) is 0 Å². The molecule has 3 aliphatic carbocycles. The highest BCUT2D eigenvalue weighted by atomic mass is 16.6. The summed E-state index contributed by atoms with van der Waals surface area (Å²) in [6.07, 6.45) is 8.15. The van der Waals surface area contributed by atoms with Gasteiger partial charge in [-0.15, -0.1) is 0 Å². The third-order valence-electron chi connectivity index (χ3n) is 7.01. The average Bonchev–Trinajstić information content (AvgIpc) is 3.78. The van der Waals surface area contributed by atoms with E-state index in [1.165, 1.54) is 11.1 Å². The molecule has 1 aromatic carbocycles. The number of imidazole rings is 1. The summed E-state index contributed by atoms with van der Waals surface area (Å²) in [6, 6.07) is 11.1. The number of nitrogens with zero attached hydrogens (tertiary/aromatic N) is 6. The molecule has 0 bridgehead atoms. The monoisotopic (exact) mass is 512 g/mol. The number of aromatic nitrogens is 4. The van der Waals surface area contributed by atoms with Crippen LogP contribution in [0.25, 0.3) is 0 Å². The first-order chi connectivity index (χ1) is 18.5. The van der Waals surface area contributed by atoms with Crippen molar-refractivity contribution in [3.8, 4) is 0 Å². The summed E-state index contributed by atoms with van der Waals surface area (Å²) in [5.74, 6) is 0.474. The van der Waals surface area contributed by atoms with E-state index in [1.807, 2.05) is 30.3 Å². The van der Waals surface area contributed by atoms with Crippen molar-refractivity contribution in [2.24, 2.45) is 30.0 Å². The molecule has 3 fully saturated rings. The normalized spacial score (nSPS) is 17.2. The van der Waals surface area contributed by atoms with Crippen molar-refractivity contribution in [3.63, 3.8) is 0 Å². The van der Waals surface area contributed by atoms with Gasteiger partial charge in [0, 0.05) is 36.6 Å². The Morgan fingerprint density at radius 1 is 0.947 bits per heavy atom. The minimum Gasteiger partial charge on any atom is -0.387 e. The van der Waals surface area contributed by atoms with Crippen molar-refractivity contribution in [1.82, 2.24) is 19.5 Å². The number of rotatable bonds is 10. The van der Waals surface area contributed by atoms with Gasteiger partial charge in [0.05, 0.1) is 11.9 Å². The lowest BCUT2D eigenvalue weighted by molar-refractivity contribution is -0.127. The summed E-state index contributed by atoms with van der Waals surface area (Å²) >= 11 is 0. The zero-order valence-electron chi connectivity index (χ0n) is 21.1. The van der Waals surface area contributed by atoms with Crippen molar-refractivity contribution < 1.29 is 19.2 Å². The van der Waals surface area contributed by atoms with Crippen molar-refractivity contribution in [3.05, 3.63) is 71.7 Å². The van der Waals surface area contributed by atoms with Gasteiger partial charge in [-0.25, -0.2) is 19.9 Å². The van der Waals surface area contributed by atoms with Gasteiger partial charge in [-0.05, 0) is 44.6 Å². The van der Waals surface area contributed by atoms with E-state index in [1.54, 1.807) is 23.9 Å². The Balaban J connectivity index is 1.24. The average molecular weight is 513 g/mol. The van der Waals surface area contributed by atoms with Crippen LogP contribution in [0.2, 0.25) is 0 Å². The van der Waals surface area contributed by atoms with E-state index in [0.717, 1.165) is 44.1 Å². The van der Waals surface area contributed by atoms with Gasteiger partial charge in [0.1, 0.15) is 11.5 Å². The van der Waals surface area contributed by atoms with E-state index < -0.39 is 0 Å². The molecule has 3 aliphatic rings. The molecule has 10 nitrogen and oxygen atoms in total. The van der Waals surface area contributed by atoms with E-state index in [-0.39, 0.29) is 47.8 Å². The number of hydrogen-bond acceptors (Lipinski definition) is 8. The molecular formula is C28H28N6O4. The number of ketones is 1. The van der Waals surface area contributed by atoms with Crippen molar-refractivity contribution in [2.75, 3.05) is 4.90 Å². The molecule has 0 radical (unpaired) electrons. The topological polar surface area (TPSA) is 120 Å². The predicted molar refractivity (Wildman–Crippen MR) is 137 cm³/mol. The van der Waals surface area contributed by atoms with E-state index in [0.29, 0.717) is 23.1 Å². The van der Waals surface area contributed by atoms with Gasteiger partial charge in [-0.2, -0.15) is 0 Å². The van der Waals surface area contributed by atoms with Gasteiger partial charge in [-0.1, -0.05) is 35.5 Å². The lowest BCUT2D eigenvalue weighted by atomic mass is 10.1. The molecular weight excluding hydrogens is 484 g/mol. The van der Waals surface area contributed by atoms with Crippen LogP contribution < -0.4 is 4.90 Å². The van der Waals surface area contributed by atoms with E-state index in [2.05, 4.69) is 20.1 Å². The largest absolute Gasteiger partial charge is 0.387 e. The molecule has 0 saturated heterocycles. The maximum atomic E-state index is 12.9. The smallest absolute Gasteiger partial charge is 0.238 e. The lowest BCUT2D eigenvalue weighted by Crippen LogP contribution is -2.39. The Kier molecular flexibility index (Phi) is 6.30. The molecule has 0 N–H and O–H groups in total. The maximum Gasteiger partial charge on any atom is 0.238 e. The van der Waals surface area contributed by atoms with Crippen LogP contribution in [-0.4, -0.2) is 42.8 Å². The molecule has 2 amide bonds. The number of carbonyl (C=O) groups is 3. The van der Waals surface area contributed by atoms with Gasteiger partial charge in [0.15, 0.2) is 18.3 Å². The van der Waals surface area contributed by atoms with Crippen molar-refractivity contribution in [2.45, 2.75) is 45.1 Å². The van der Waals surface area contributed by atoms with Crippen LogP contribution in [0.5, 0.6) is 0 Å². The van der Waals surface area contributed by atoms with Gasteiger partial charge < -0.3 is 9.40 Å². The van der Waals surface area contributed by atoms with Gasteiger partial charge in [0.25, 0.3) is 0 Å². The fourth-order valence-electron chi connectivity index (χ4n) is 4.33. The first kappa shape index (κ1) is 24.1. The third-order valence-corrected chi connectivity index (χ3v) is 7.01. The Labute approximate surface area is 219 Å². The number of benzene rings is 1. The van der Waals surface area contributed by atoms with E-state index >= 15 is 0 Å². The van der Waals surface area contributed by atoms with Crippen LogP contribution in [0.4, 0.5) is 5.82 Å². The van der Waals surface area contributed by atoms with Gasteiger partial charge in [-0.3, -0.25) is 14.4 Å². The first-order valence-corrected chi connectivity index (χ1v) is 13.0. The molecule has 6 rings (SSSR count). The zero-order valence-corrected chi connectivity index (χ0v) is 21.1. The summed E-state index contributed by atoms with van der Waals surface area (Å²) in [5.41, 5.74) is 1.96. The van der Waals surface area contributed by atoms with Crippen LogP contribution >= 0.6 is 0 Å². The SMILES string of the molecule is Cn1c(/C(=N\OCc2nccc(N(C(=O)C3CC3)C(=O)C3CC3)n2)c2ccccc2)cnc1C(=O)C1CC1. The maximum absolute atomic E-state index is 12.9. The fraction of sp³-hybridized carbons (Fsp3) is 0.393. The molecule has 3 saturated carbocycles. The first-order valence-electron chi connectivity index (χ1n) is 13.0. The molecule has 3 aromatic rings. The lowest BCUT2D eigenvalue weighted by Gasteiger charge is -2.20. The summed E-state index contributed by atoms with van der Waals surface area (Å²) in [7, 11) is 1.80. The minimum absolute atomic E-state index is 0.0448. The highest BCUT2D eigenvalue weighted by molar-refractivity contribution is 6.16. The number of carbonyl (C=O) groups excluding carboxylic acids is 3. The molecule has 0 atom stereocenters. The van der Waals surface area contributed by atoms with Crippen molar-refractivity contribution >= 4 is 29.1 Å². The highest BCUT2D eigenvalue weighted by Crippen LogP contribution is 2.37. The third kappa shape index (κ3) is 4.98. The summed E-state index contributed by atoms with van der Waals surface area (Å²) in [4.78, 5) is 58.5. The molecule has 2 aromatic heterocycles. The van der Waals surface area contributed by atoms with Gasteiger partial charge >= 0.3 is 0 Å². The molecule has 194 valence electrons. The Morgan fingerprint density at radius 3 is 2.24 bits per heavy atom. The van der Waals surface area contributed by atoms with Crippen LogP contribution in [-0.2, 0) is 28.1 Å². The molecule has 2 heterocycles. The second-order valence-electron chi connectivity index (χ2n) is 10.1. The number of anilines is 1. The Morgan fingerprint density at radius 2 is 1.61 bits per heavy atom. The van der Waals surface area contributed by atoms with Gasteiger partial charge in [0.2, 0.25) is 17.6 Å². The predicted octanol–water partition coefficient (Wildman–Crippen LogP) is 3.45. The van der Waals surface area contributed by atoms with E-state index in [4.69, 9.17) is 4.84 Å². The second kappa shape index (κ2) is 9.92. The van der Waals surface area contributed by atoms with E-state index in [9.17, 15) is 14.4 Å². The molecule has 0 aliphatic heterocycles. The van der Waals surface area contributed by atoms with Crippen LogP contribution in [0.15, 0.2) is 53.9 Å². The minimum atomic E-state index is -0.190. The number of oxime groups is 1. The summed E-state index contributed by atoms with van der Waals surface area (Å²) < 4.78 is 1.75. The highest BCUT2D eigenvalue weighted by Gasteiger charge is 2.42. The standard InChI is InChI=1S/C28H28N6O4/c1-33-21(15-30-26(33)25(35)18-7-8-18)24(17-5-3-2-4-6-17)32-38-16-22-29-14-13-23(31-22)34(27(36)19-9-10-19)28(37)20-11-12-20/h2-6,13-15,18-20H,7-12,16H2,1H3/b32-24-. The van der Waals surface area contributed by atoms with Crippen LogP contribution in [0, 0.1) is 17.8 Å². The zero-order chi connectivity index (χ0) is 26.2. The molecule has 0 spiro atoms. The summed E-state index contributed by atoms with van der Waals surface area (Å²) in [6.45, 7) is -0.0705. The number of Topliss-reactive ketones (excluding diaryl/α,β-unsaturated/α-hetero) is 1. The fourth-order valence-corrected chi connectivity index (χ4v) is 4.33. The Bertz CT molecular complexity index is 1400. The molecule has 0 unspecified atom stereocenters. The summed E-state index contributed by atoms with van der Waals surface area (Å²) in [5, 5.41) is 4.39. The Hall–Kier alpha value is -4.21. The van der Waals surface area contributed by atoms with Crippen LogP contribution in [0.3, 0.4) is 0 Å². The molecule has 10 heteroatoms. The second-order valence-corrected chi connectivity index (χ2v) is 10.1. The number of amides is 2. The number of hydrogen-bond donors (Lipinski definition) is 0. The quantitative estimate of drug-likeness (QED) is 0.177. The number of imide groups is 1. The molecule has 38 heavy (non-hydrogen) atoms. The van der Waals surface area contributed by atoms with Crippen LogP contribution in [0.1, 0.15) is 66.2 Å².